The second-order valence-corrected chi connectivity index (χ2v) is 7.56. The lowest BCUT2D eigenvalue weighted by molar-refractivity contribution is -0.129. The molecule has 1 saturated heterocycles. The normalized spacial score (nSPS) is 15.4. The number of carbonyl (C=O) groups excluding carboxylic acids is 1. The molecule has 1 amide bonds. The first-order valence-electron chi connectivity index (χ1n) is 10.2. The third kappa shape index (κ3) is 4.30. The van der Waals surface area contributed by atoms with E-state index in [1.165, 1.54) is 6.07 Å². The molecular weight excluding hydrogens is 413 g/mol. The summed E-state index contributed by atoms with van der Waals surface area (Å²) >= 11 is 0. The van der Waals surface area contributed by atoms with Gasteiger partial charge in [0.05, 0.1) is 11.4 Å². The second-order valence-electron chi connectivity index (χ2n) is 7.56. The lowest BCUT2D eigenvalue weighted by Crippen LogP contribution is -2.36. The maximum atomic E-state index is 14.4. The molecule has 2 aromatic heterocycles. The van der Waals surface area contributed by atoms with E-state index in [-0.39, 0.29) is 29.1 Å². The van der Waals surface area contributed by atoms with E-state index >= 15 is 0 Å². The summed E-state index contributed by atoms with van der Waals surface area (Å²) in [6.07, 6.45) is 4.63. The van der Waals surface area contributed by atoms with Gasteiger partial charge in [-0.15, -0.1) is 0 Å². The molecule has 4 rings (SSSR count). The van der Waals surface area contributed by atoms with Crippen LogP contribution in [0.2, 0.25) is 0 Å². The van der Waals surface area contributed by atoms with Gasteiger partial charge in [-0.25, -0.2) is 10.2 Å². The third-order valence-corrected chi connectivity index (χ3v) is 5.54. The van der Waals surface area contributed by atoms with Gasteiger partial charge in [-0.3, -0.25) is 14.8 Å². The number of piperidine rings is 1. The smallest absolute Gasteiger partial charge is 0.276 e. The van der Waals surface area contributed by atoms with E-state index in [1.54, 1.807) is 54.5 Å². The van der Waals surface area contributed by atoms with Crippen LogP contribution in [0.15, 0.2) is 53.3 Å². The van der Waals surface area contributed by atoms with Gasteiger partial charge in [0.25, 0.3) is 5.89 Å². The molecule has 4 N–H and O–H groups in total. The summed E-state index contributed by atoms with van der Waals surface area (Å²) in [5.41, 5.74) is 7.59. The van der Waals surface area contributed by atoms with Crippen LogP contribution in [0.3, 0.4) is 0 Å². The highest BCUT2D eigenvalue weighted by Gasteiger charge is 2.27. The second kappa shape index (κ2) is 9.15. The summed E-state index contributed by atoms with van der Waals surface area (Å²) in [4.78, 5) is 21.9. The standard InChI is InChI=1S/C22H24FN7O2/c1-14(31)29-12-8-16(9-13-29)21-27-22(32-28-21)19(24)20(15-6-10-26-11-7-15)30(25)18-5-3-2-4-17(18)23/h2-7,10-11,16H,8-9,12-13,24-25H2,1H3/b20-19-. The van der Waals surface area contributed by atoms with Gasteiger partial charge in [-0.1, -0.05) is 17.3 Å². The molecule has 0 atom stereocenters. The van der Waals surface area contributed by atoms with Crippen LogP contribution in [0.4, 0.5) is 10.1 Å². The van der Waals surface area contributed by atoms with Crippen molar-refractivity contribution in [2.75, 3.05) is 18.1 Å². The summed E-state index contributed by atoms with van der Waals surface area (Å²) in [7, 11) is 0. The minimum absolute atomic E-state index is 0.0563. The van der Waals surface area contributed by atoms with Gasteiger partial charge < -0.3 is 15.2 Å². The SMILES string of the molecule is CC(=O)N1CCC(c2noc(/C(N)=C(\c3ccncc3)N(N)c3ccccc3F)n2)CC1. The number of pyridine rings is 1. The number of carbonyl (C=O) groups is 1. The van der Waals surface area contributed by atoms with Crippen molar-refractivity contribution < 1.29 is 13.7 Å². The molecule has 3 aromatic rings. The molecule has 1 aliphatic heterocycles. The van der Waals surface area contributed by atoms with Crippen LogP contribution in [0.1, 0.15) is 43.0 Å². The minimum Gasteiger partial charge on any atom is -0.392 e. The van der Waals surface area contributed by atoms with E-state index in [9.17, 15) is 9.18 Å². The average molecular weight is 437 g/mol. The summed E-state index contributed by atoms with van der Waals surface area (Å²) in [5.74, 6) is 6.54. The molecule has 0 bridgehead atoms. The van der Waals surface area contributed by atoms with Crippen molar-refractivity contribution in [3.8, 4) is 0 Å². The van der Waals surface area contributed by atoms with Gasteiger partial charge in [0, 0.05) is 43.9 Å². The van der Waals surface area contributed by atoms with E-state index in [0.29, 0.717) is 30.2 Å². The van der Waals surface area contributed by atoms with E-state index < -0.39 is 5.82 Å². The van der Waals surface area contributed by atoms with Gasteiger partial charge in [0.2, 0.25) is 5.91 Å². The Labute approximate surface area is 184 Å². The number of halogens is 1. The summed E-state index contributed by atoms with van der Waals surface area (Å²) in [6, 6.07) is 9.53. The number of rotatable bonds is 5. The van der Waals surface area contributed by atoms with Gasteiger partial charge in [-0.2, -0.15) is 4.98 Å². The topological polar surface area (TPSA) is 127 Å². The molecule has 0 aliphatic carbocycles. The number of benzene rings is 1. The zero-order valence-electron chi connectivity index (χ0n) is 17.6. The molecule has 0 radical (unpaired) electrons. The van der Waals surface area contributed by atoms with Gasteiger partial charge in [0.15, 0.2) is 5.82 Å². The summed E-state index contributed by atoms with van der Waals surface area (Å²) in [5, 5.41) is 5.27. The zero-order valence-corrected chi connectivity index (χ0v) is 17.6. The highest BCUT2D eigenvalue weighted by Crippen LogP contribution is 2.31. The first-order chi connectivity index (χ1) is 15.5. The maximum Gasteiger partial charge on any atom is 0.276 e. The fourth-order valence-corrected chi connectivity index (χ4v) is 3.77. The number of nitrogens with zero attached hydrogens (tertiary/aromatic N) is 5. The third-order valence-electron chi connectivity index (χ3n) is 5.54. The van der Waals surface area contributed by atoms with Crippen molar-refractivity contribution in [2.24, 2.45) is 11.6 Å². The first-order valence-corrected chi connectivity index (χ1v) is 10.2. The predicted molar refractivity (Wildman–Crippen MR) is 117 cm³/mol. The van der Waals surface area contributed by atoms with Crippen molar-refractivity contribution >= 4 is 23.0 Å². The van der Waals surface area contributed by atoms with Gasteiger partial charge >= 0.3 is 0 Å². The van der Waals surface area contributed by atoms with Crippen LogP contribution in [0.5, 0.6) is 0 Å². The fraction of sp³-hybridized carbons (Fsp3) is 0.273. The van der Waals surface area contributed by atoms with Crippen molar-refractivity contribution in [3.63, 3.8) is 0 Å². The van der Waals surface area contributed by atoms with Crippen LogP contribution in [0.25, 0.3) is 11.4 Å². The Morgan fingerprint density at radius 3 is 2.53 bits per heavy atom. The Hall–Kier alpha value is -3.79. The van der Waals surface area contributed by atoms with Crippen LogP contribution >= 0.6 is 0 Å². The maximum absolute atomic E-state index is 14.4. The molecule has 1 fully saturated rings. The lowest BCUT2D eigenvalue weighted by Gasteiger charge is -2.29. The van der Waals surface area contributed by atoms with E-state index in [0.717, 1.165) is 17.9 Å². The number of para-hydroxylation sites is 1. The number of nitrogens with two attached hydrogens (primary N) is 2. The first kappa shape index (κ1) is 21.4. The summed E-state index contributed by atoms with van der Waals surface area (Å²) in [6.45, 7) is 2.84. The Kier molecular flexibility index (Phi) is 6.13. The number of likely N-dealkylation sites (tertiary alicyclic amines) is 1. The van der Waals surface area contributed by atoms with E-state index in [4.69, 9.17) is 16.1 Å². The largest absolute Gasteiger partial charge is 0.392 e. The van der Waals surface area contributed by atoms with Gasteiger partial charge in [-0.05, 0) is 37.1 Å². The van der Waals surface area contributed by atoms with Crippen molar-refractivity contribution in [1.82, 2.24) is 20.0 Å². The Balaban J connectivity index is 1.68. The Bertz CT molecular complexity index is 1120. The molecule has 1 aliphatic rings. The molecular formula is C22H24FN7O2. The Morgan fingerprint density at radius 2 is 1.88 bits per heavy atom. The predicted octanol–water partition coefficient (Wildman–Crippen LogP) is 2.49. The lowest BCUT2D eigenvalue weighted by atomic mass is 9.96. The number of hydrazine groups is 1. The highest BCUT2D eigenvalue weighted by atomic mass is 19.1. The zero-order chi connectivity index (χ0) is 22.7. The van der Waals surface area contributed by atoms with Crippen LogP contribution in [0, 0.1) is 5.82 Å². The fourth-order valence-electron chi connectivity index (χ4n) is 3.77. The number of anilines is 1. The number of amides is 1. The van der Waals surface area contributed by atoms with Crippen LogP contribution in [-0.2, 0) is 4.79 Å². The van der Waals surface area contributed by atoms with Gasteiger partial charge in [0.1, 0.15) is 11.5 Å². The molecule has 32 heavy (non-hydrogen) atoms. The van der Waals surface area contributed by atoms with Crippen LogP contribution in [-0.4, -0.2) is 39.0 Å². The molecule has 0 unspecified atom stereocenters. The van der Waals surface area contributed by atoms with Crippen LogP contribution < -0.4 is 16.6 Å². The minimum atomic E-state index is -0.502. The Morgan fingerprint density at radius 1 is 1.19 bits per heavy atom. The number of hydrogen-bond acceptors (Lipinski definition) is 8. The molecule has 166 valence electrons. The number of hydrogen-bond donors (Lipinski definition) is 2. The molecule has 9 nitrogen and oxygen atoms in total. The van der Waals surface area contributed by atoms with E-state index in [2.05, 4.69) is 15.1 Å². The molecule has 1 aromatic carbocycles. The van der Waals surface area contributed by atoms with Crippen molar-refractivity contribution in [1.29, 1.82) is 0 Å². The molecule has 10 heteroatoms. The molecule has 0 spiro atoms. The van der Waals surface area contributed by atoms with Crippen molar-refractivity contribution in [2.45, 2.75) is 25.7 Å². The molecule has 0 saturated carbocycles. The van der Waals surface area contributed by atoms with Crippen molar-refractivity contribution in [3.05, 3.63) is 71.9 Å². The van der Waals surface area contributed by atoms with E-state index in [1.807, 2.05) is 0 Å². The number of aromatic nitrogens is 3. The monoisotopic (exact) mass is 437 g/mol. The summed E-state index contributed by atoms with van der Waals surface area (Å²) < 4.78 is 19.9. The quantitative estimate of drug-likeness (QED) is 0.460. The molecule has 3 heterocycles. The average Bonchev–Trinajstić information content (AvgIpc) is 3.30. The highest BCUT2D eigenvalue weighted by molar-refractivity contribution is 5.93.